The zero-order valence-electron chi connectivity index (χ0n) is 19.6. The van der Waals surface area contributed by atoms with Gasteiger partial charge >= 0.3 is 0 Å². The molecule has 8 nitrogen and oxygen atoms in total. The first kappa shape index (κ1) is 26.2. The molecule has 4 N–H and O–H groups in total. The number of amides is 2. The molecule has 2 heterocycles. The summed E-state index contributed by atoms with van der Waals surface area (Å²) < 4.78 is 0. The van der Waals surface area contributed by atoms with E-state index in [1.54, 1.807) is 61.4 Å². The Bertz CT molecular complexity index is 1150. The molecule has 2 aromatic rings. The van der Waals surface area contributed by atoms with Gasteiger partial charge in [0.05, 0.1) is 10.0 Å². The van der Waals surface area contributed by atoms with Crippen LogP contribution < -0.4 is 16.0 Å². The number of aromatic nitrogens is 1. The first-order valence-electron chi connectivity index (χ1n) is 11.2. The summed E-state index contributed by atoms with van der Waals surface area (Å²) in [5, 5.41) is 17.8. The molecule has 1 aromatic carbocycles. The number of nitrogens with zero attached hydrogens (tertiary/aromatic N) is 2. The molecule has 1 aliphatic heterocycles. The molecule has 1 fully saturated rings. The molecule has 0 bridgehead atoms. The monoisotopic (exact) mass is 514 g/mol. The van der Waals surface area contributed by atoms with E-state index in [4.69, 9.17) is 28.6 Å². The van der Waals surface area contributed by atoms with E-state index >= 15 is 0 Å². The maximum absolute atomic E-state index is 13.1. The first-order chi connectivity index (χ1) is 16.8. The molecule has 1 saturated heterocycles. The number of likely N-dealkylation sites (tertiary alicyclic amines) is 1. The van der Waals surface area contributed by atoms with Crippen LogP contribution in [0.25, 0.3) is 0 Å². The molecule has 1 atom stereocenters. The highest BCUT2D eigenvalue weighted by atomic mass is 35.5. The molecular formula is C25H28Cl2N6O2. The Morgan fingerprint density at radius 1 is 1.23 bits per heavy atom. The van der Waals surface area contributed by atoms with Gasteiger partial charge in [-0.25, -0.2) is 0 Å². The maximum atomic E-state index is 13.1. The standard InChI is InChI=1S/C25H28Cl2N6O2/c1-3-22(30-14-17-7-8-19(26)20(27)12-17)32-24(34)23(16(2)13-28)31-18-9-11-33(15-18)25(35)21-6-4-5-10-29-21/h3-8,10,12-13,18,28,30-31H,9,11,14-15H2,1-2H3,(H,32,34)/b22-3?,23-16-,28-13?. The van der Waals surface area contributed by atoms with Crippen LogP contribution in [-0.4, -0.2) is 47.0 Å². The normalized spacial score (nSPS) is 16.4. The zero-order valence-corrected chi connectivity index (χ0v) is 21.1. The summed E-state index contributed by atoms with van der Waals surface area (Å²) in [6.07, 6.45) is 5.14. The third-order valence-electron chi connectivity index (χ3n) is 5.55. The lowest BCUT2D eigenvalue weighted by atomic mass is 10.2. The summed E-state index contributed by atoms with van der Waals surface area (Å²) >= 11 is 12.0. The van der Waals surface area contributed by atoms with Gasteiger partial charge in [-0.3, -0.25) is 14.6 Å². The number of carbonyl (C=O) groups is 2. The van der Waals surface area contributed by atoms with Gasteiger partial charge in [0.15, 0.2) is 0 Å². The zero-order chi connectivity index (χ0) is 25.4. The summed E-state index contributed by atoms with van der Waals surface area (Å²) in [6.45, 7) is 4.91. The lowest BCUT2D eigenvalue weighted by molar-refractivity contribution is -0.117. The van der Waals surface area contributed by atoms with E-state index in [0.29, 0.717) is 53.2 Å². The van der Waals surface area contributed by atoms with Crippen LogP contribution in [0, 0.1) is 5.41 Å². The van der Waals surface area contributed by atoms with Gasteiger partial charge in [0.2, 0.25) is 0 Å². The number of hydrogen-bond acceptors (Lipinski definition) is 6. The molecule has 2 amide bonds. The van der Waals surface area contributed by atoms with Crippen LogP contribution in [0.1, 0.15) is 36.3 Å². The number of hydrogen-bond donors (Lipinski definition) is 4. The lowest BCUT2D eigenvalue weighted by Gasteiger charge is -2.21. The van der Waals surface area contributed by atoms with Crippen LogP contribution in [0.4, 0.5) is 0 Å². The van der Waals surface area contributed by atoms with Gasteiger partial charge in [0, 0.05) is 38.1 Å². The van der Waals surface area contributed by atoms with Gasteiger partial charge in [-0.05, 0) is 61.7 Å². The Morgan fingerprint density at radius 2 is 2.03 bits per heavy atom. The number of benzene rings is 1. The third kappa shape index (κ3) is 7.07. The van der Waals surface area contributed by atoms with E-state index in [0.717, 1.165) is 11.8 Å². The summed E-state index contributed by atoms with van der Waals surface area (Å²) in [6, 6.07) is 10.4. The Balaban J connectivity index is 1.61. The van der Waals surface area contributed by atoms with Crippen molar-refractivity contribution in [1.82, 2.24) is 25.8 Å². The van der Waals surface area contributed by atoms with Crippen molar-refractivity contribution in [2.75, 3.05) is 13.1 Å². The van der Waals surface area contributed by atoms with Crippen molar-refractivity contribution in [3.05, 3.63) is 87.1 Å². The smallest absolute Gasteiger partial charge is 0.273 e. The minimum Gasteiger partial charge on any atom is -0.376 e. The van der Waals surface area contributed by atoms with E-state index < -0.39 is 0 Å². The molecule has 0 saturated carbocycles. The van der Waals surface area contributed by atoms with Gasteiger partial charge in [0.1, 0.15) is 17.2 Å². The number of rotatable bonds is 9. The Kier molecular flexibility index (Phi) is 9.28. The molecule has 0 aliphatic carbocycles. The van der Waals surface area contributed by atoms with Crippen LogP contribution in [-0.2, 0) is 11.3 Å². The van der Waals surface area contributed by atoms with E-state index in [2.05, 4.69) is 20.9 Å². The predicted molar refractivity (Wildman–Crippen MR) is 138 cm³/mol. The van der Waals surface area contributed by atoms with Gasteiger partial charge in [-0.15, -0.1) is 0 Å². The summed E-state index contributed by atoms with van der Waals surface area (Å²) in [5.41, 5.74) is 2.06. The SMILES string of the molecule is CC=C(NCc1ccc(Cl)c(Cl)c1)NC(=O)/C(NC1CCN(C(=O)c2ccccn2)C1)=C(\C)C=N. The number of halogens is 2. The van der Waals surface area contributed by atoms with Crippen molar-refractivity contribution in [3.63, 3.8) is 0 Å². The third-order valence-corrected chi connectivity index (χ3v) is 6.29. The van der Waals surface area contributed by atoms with Gasteiger partial charge < -0.3 is 26.3 Å². The second-order valence-electron chi connectivity index (χ2n) is 8.06. The predicted octanol–water partition coefficient (Wildman–Crippen LogP) is 3.88. The highest BCUT2D eigenvalue weighted by Crippen LogP contribution is 2.22. The highest BCUT2D eigenvalue weighted by Gasteiger charge is 2.29. The van der Waals surface area contributed by atoms with Gasteiger partial charge in [-0.2, -0.15) is 0 Å². The summed E-state index contributed by atoms with van der Waals surface area (Å²) in [7, 11) is 0. The average molecular weight is 515 g/mol. The van der Waals surface area contributed by atoms with Gasteiger partial charge in [0.25, 0.3) is 11.8 Å². The summed E-state index contributed by atoms with van der Waals surface area (Å²) in [4.78, 5) is 31.6. The highest BCUT2D eigenvalue weighted by molar-refractivity contribution is 6.42. The van der Waals surface area contributed by atoms with Crippen molar-refractivity contribution in [2.24, 2.45) is 0 Å². The number of carbonyl (C=O) groups excluding carboxylic acids is 2. The molecule has 1 unspecified atom stereocenters. The first-order valence-corrected chi connectivity index (χ1v) is 11.9. The quantitative estimate of drug-likeness (QED) is 0.299. The number of pyridine rings is 1. The van der Waals surface area contributed by atoms with E-state index in [1.807, 2.05) is 6.07 Å². The largest absolute Gasteiger partial charge is 0.376 e. The van der Waals surface area contributed by atoms with Crippen molar-refractivity contribution in [3.8, 4) is 0 Å². The fourth-order valence-corrected chi connectivity index (χ4v) is 3.92. The Labute approximate surface area is 214 Å². The van der Waals surface area contributed by atoms with E-state index in [9.17, 15) is 9.59 Å². The molecule has 1 aromatic heterocycles. The minimum absolute atomic E-state index is 0.128. The maximum Gasteiger partial charge on any atom is 0.273 e. The molecule has 10 heteroatoms. The van der Waals surface area contributed by atoms with Crippen molar-refractivity contribution < 1.29 is 9.59 Å². The second-order valence-corrected chi connectivity index (χ2v) is 8.87. The molecule has 35 heavy (non-hydrogen) atoms. The fraction of sp³-hybridized carbons (Fsp3) is 0.280. The van der Waals surface area contributed by atoms with Crippen molar-refractivity contribution in [1.29, 1.82) is 5.41 Å². The number of nitrogens with one attached hydrogen (secondary N) is 4. The second kappa shape index (κ2) is 12.4. The molecule has 184 valence electrons. The molecule has 0 spiro atoms. The Hall–Kier alpha value is -3.36. The topological polar surface area (TPSA) is 110 Å². The minimum atomic E-state index is -0.379. The van der Waals surface area contributed by atoms with Crippen molar-refractivity contribution >= 4 is 41.2 Å². The van der Waals surface area contributed by atoms with Crippen molar-refractivity contribution in [2.45, 2.75) is 32.9 Å². The Morgan fingerprint density at radius 3 is 2.69 bits per heavy atom. The lowest BCUT2D eigenvalue weighted by Crippen LogP contribution is -2.41. The molecule has 1 aliphatic rings. The van der Waals surface area contributed by atoms with Gasteiger partial charge in [-0.1, -0.05) is 35.3 Å². The number of allylic oxidation sites excluding steroid dienone is 2. The van der Waals surface area contributed by atoms with Crippen LogP contribution in [0.5, 0.6) is 0 Å². The van der Waals surface area contributed by atoms with E-state index in [-0.39, 0.29) is 23.6 Å². The summed E-state index contributed by atoms with van der Waals surface area (Å²) in [5.74, 6) is -0.0110. The van der Waals surface area contributed by atoms with E-state index in [1.165, 1.54) is 0 Å². The fourth-order valence-electron chi connectivity index (χ4n) is 3.60. The van der Waals surface area contributed by atoms with Crippen LogP contribution in [0.15, 0.2) is 65.8 Å². The van der Waals surface area contributed by atoms with Crippen LogP contribution >= 0.6 is 23.2 Å². The molecule has 3 rings (SSSR count). The average Bonchev–Trinajstić information content (AvgIpc) is 3.35. The van der Waals surface area contributed by atoms with Crippen LogP contribution in [0.2, 0.25) is 10.0 Å². The van der Waals surface area contributed by atoms with Crippen LogP contribution in [0.3, 0.4) is 0 Å². The molecule has 0 radical (unpaired) electrons. The molecular weight excluding hydrogens is 487 g/mol.